The SMILES string of the molecule is COc1ccc2cc(C(Br)C3(C)CCCO3)ccc2c1. The molecule has 0 amide bonds. The molecule has 0 spiro atoms. The van der Waals surface area contributed by atoms with Crippen LogP contribution in [0, 0.1) is 0 Å². The predicted octanol–water partition coefficient (Wildman–Crippen LogP) is 4.85. The average Bonchev–Trinajstić information content (AvgIpc) is 2.93. The van der Waals surface area contributed by atoms with Crippen molar-refractivity contribution in [3.05, 3.63) is 42.0 Å². The summed E-state index contributed by atoms with van der Waals surface area (Å²) in [6.45, 7) is 3.06. The van der Waals surface area contributed by atoms with Gasteiger partial charge in [-0.3, -0.25) is 0 Å². The lowest BCUT2D eigenvalue weighted by Crippen LogP contribution is -2.28. The first-order valence-corrected chi connectivity index (χ1v) is 7.90. The highest BCUT2D eigenvalue weighted by atomic mass is 79.9. The van der Waals surface area contributed by atoms with Crippen molar-refractivity contribution in [1.29, 1.82) is 0 Å². The summed E-state index contributed by atoms with van der Waals surface area (Å²) >= 11 is 3.83. The van der Waals surface area contributed by atoms with Crippen molar-refractivity contribution in [3.63, 3.8) is 0 Å². The van der Waals surface area contributed by atoms with Crippen molar-refractivity contribution in [2.45, 2.75) is 30.2 Å². The summed E-state index contributed by atoms with van der Waals surface area (Å²) in [5, 5.41) is 2.43. The minimum absolute atomic E-state index is 0.0971. The standard InChI is InChI=1S/C17H19BrO2/c1-17(8-3-9-20-17)16(18)14-5-4-13-11-15(19-2)7-6-12(13)10-14/h4-7,10-11,16H,3,8-9H2,1-2H3. The van der Waals surface area contributed by atoms with Crippen LogP contribution in [0.3, 0.4) is 0 Å². The average molecular weight is 335 g/mol. The molecule has 0 saturated carbocycles. The zero-order valence-electron chi connectivity index (χ0n) is 11.9. The number of halogens is 1. The van der Waals surface area contributed by atoms with Crippen molar-refractivity contribution >= 4 is 26.7 Å². The minimum atomic E-state index is -0.0971. The predicted molar refractivity (Wildman–Crippen MR) is 85.8 cm³/mol. The quantitative estimate of drug-likeness (QED) is 0.746. The number of hydrogen-bond donors (Lipinski definition) is 0. The summed E-state index contributed by atoms with van der Waals surface area (Å²) in [5.74, 6) is 0.895. The van der Waals surface area contributed by atoms with E-state index in [0.717, 1.165) is 25.2 Å². The molecule has 1 saturated heterocycles. The maximum absolute atomic E-state index is 5.94. The van der Waals surface area contributed by atoms with E-state index in [1.165, 1.54) is 16.3 Å². The topological polar surface area (TPSA) is 18.5 Å². The molecule has 1 heterocycles. The Morgan fingerprint density at radius 1 is 1.20 bits per heavy atom. The van der Waals surface area contributed by atoms with E-state index in [4.69, 9.17) is 9.47 Å². The Kier molecular flexibility index (Phi) is 3.74. The highest BCUT2D eigenvalue weighted by molar-refractivity contribution is 9.09. The van der Waals surface area contributed by atoms with Gasteiger partial charge in [-0.1, -0.05) is 34.1 Å². The Morgan fingerprint density at radius 3 is 2.65 bits per heavy atom. The normalized spacial score (nSPS) is 23.9. The molecule has 0 radical (unpaired) electrons. The van der Waals surface area contributed by atoms with E-state index in [-0.39, 0.29) is 10.4 Å². The smallest absolute Gasteiger partial charge is 0.119 e. The Morgan fingerprint density at radius 2 is 1.95 bits per heavy atom. The molecule has 20 heavy (non-hydrogen) atoms. The molecular formula is C17H19BrO2. The van der Waals surface area contributed by atoms with Crippen molar-refractivity contribution in [1.82, 2.24) is 0 Å². The van der Waals surface area contributed by atoms with Gasteiger partial charge in [0.25, 0.3) is 0 Å². The first-order valence-electron chi connectivity index (χ1n) is 6.98. The van der Waals surface area contributed by atoms with Gasteiger partial charge < -0.3 is 9.47 Å². The molecule has 1 fully saturated rings. The summed E-state index contributed by atoms with van der Waals surface area (Å²) in [6, 6.07) is 12.7. The molecule has 1 aliphatic heterocycles. The van der Waals surface area contributed by atoms with Gasteiger partial charge in [-0.2, -0.15) is 0 Å². The van der Waals surface area contributed by atoms with E-state index >= 15 is 0 Å². The fourth-order valence-corrected chi connectivity index (χ4v) is 3.53. The number of ether oxygens (including phenoxy) is 2. The molecule has 2 unspecified atom stereocenters. The Balaban J connectivity index is 1.96. The fourth-order valence-electron chi connectivity index (χ4n) is 2.88. The highest BCUT2D eigenvalue weighted by Crippen LogP contribution is 2.43. The van der Waals surface area contributed by atoms with Crippen LogP contribution in [-0.2, 0) is 4.74 Å². The number of methoxy groups -OCH3 is 1. The van der Waals surface area contributed by atoms with Crippen LogP contribution < -0.4 is 4.74 Å². The zero-order chi connectivity index (χ0) is 14.2. The molecule has 3 heteroatoms. The molecule has 2 nitrogen and oxygen atoms in total. The second kappa shape index (κ2) is 5.38. The Bertz CT molecular complexity index is 617. The molecule has 2 aromatic rings. The van der Waals surface area contributed by atoms with Gasteiger partial charge in [0.1, 0.15) is 5.75 Å². The number of rotatable bonds is 3. The van der Waals surface area contributed by atoms with E-state index in [1.54, 1.807) is 7.11 Å². The van der Waals surface area contributed by atoms with E-state index in [9.17, 15) is 0 Å². The van der Waals surface area contributed by atoms with E-state index < -0.39 is 0 Å². The maximum Gasteiger partial charge on any atom is 0.119 e. The number of hydrogen-bond acceptors (Lipinski definition) is 2. The van der Waals surface area contributed by atoms with Crippen LogP contribution >= 0.6 is 15.9 Å². The zero-order valence-corrected chi connectivity index (χ0v) is 13.4. The first kappa shape index (κ1) is 13.9. The monoisotopic (exact) mass is 334 g/mol. The van der Waals surface area contributed by atoms with Crippen molar-refractivity contribution in [3.8, 4) is 5.75 Å². The number of benzene rings is 2. The number of alkyl halides is 1. The molecular weight excluding hydrogens is 316 g/mol. The van der Waals surface area contributed by atoms with Crippen molar-refractivity contribution < 1.29 is 9.47 Å². The first-order chi connectivity index (χ1) is 9.62. The molecule has 0 bridgehead atoms. The fraction of sp³-hybridized carbons (Fsp3) is 0.412. The van der Waals surface area contributed by atoms with Crippen molar-refractivity contribution in [2.75, 3.05) is 13.7 Å². The van der Waals surface area contributed by atoms with E-state index in [1.807, 2.05) is 6.07 Å². The van der Waals surface area contributed by atoms with Gasteiger partial charge in [-0.05, 0) is 54.3 Å². The van der Waals surface area contributed by atoms with Gasteiger partial charge in [-0.15, -0.1) is 0 Å². The van der Waals surface area contributed by atoms with Gasteiger partial charge in [0.05, 0.1) is 17.5 Å². The number of fused-ring (bicyclic) bond motifs is 1. The van der Waals surface area contributed by atoms with Crippen LogP contribution in [-0.4, -0.2) is 19.3 Å². The largest absolute Gasteiger partial charge is 0.497 e. The molecule has 0 N–H and O–H groups in total. The maximum atomic E-state index is 5.94. The molecule has 2 aromatic carbocycles. The van der Waals surface area contributed by atoms with Gasteiger partial charge in [0.15, 0.2) is 0 Å². The molecule has 3 rings (SSSR count). The van der Waals surface area contributed by atoms with Crippen LogP contribution in [0.15, 0.2) is 36.4 Å². The van der Waals surface area contributed by atoms with E-state index in [2.05, 4.69) is 53.2 Å². The molecule has 1 aliphatic rings. The van der Waals surface area contributed by atoms with Crippen LogP contribution in [0.2, 0.25) is 0 Å². The molecule has 2 atom stereocenters. The Hall–Kier alpha value is -1.06. The van der Waals surface area contributed by atoms with Gasteiger partial charge in [-0.25, -0.2) is 0 Å². The van der Waals surface area contributed by atoms with Crippen LogP contribution in [0.4, 0.5) is 0 Å². The lowest BCUT2D eigenvalue weighted by atomic mass is 9.92. The molecule has 106 valence electrons. The minimum Gasteiger partial charge on any atom is -0.497 e. The summed E-state index contributed by atoms with van der Waals surface area (Å²) in [4.78, 5) is 0.226. The van der Waals surface area contributed by atoms with Crippen LogP contribution in [0.25, 0.3) is 10.8 Å². The van der Waals surface area contributed by atoms with Gasteiger partial charge in [0, 0.05) is 6.61 Å². The molecule has 0 aliphatic carbocycles. The highest BCUT2D eigenvalue weighted by Gasteiger charge is 2.37. The van der Waals surface area contributed by atoms with Crippen molar-refractivity contribution in [2.24, 2.45) is 0 Å². The summed E-state index contributed by atoms with van der Waals surface area (Å²) in [6.07, 6.45) is 2.24. The lowest BCUT2D eigenvalue weighted by molar-refractivity contribution is 0.0198. The van der Waals surface area contributed by atoms with Crippen LogP contribution in [0.5, 0.6) is 5.75 Å². The van der Waals surface area contributed by atoms with Gasteiger partial charge >= 0.3 is 0 Å². The van der Waals surface area contributed by atoms with Crippen LogP contribution in [0.1, 0.15) is 30.2 Å². The molecule has 0 aromatic heterocycles. The lowest BCUT2D eigenvalue weighted by Gasteiger charge is -2.29. The third kappa shape index (κ3) is 2.45. The van der Waals surface area contributed by atoms with E-state index in [0.29, 0.717) is 0 Å². The summed E-state index contributed by atoms with van der Waals surface area (Å²) in [7, 11) is 1.70. The second-order valence-corrected chi connectivity index (χ2v) is 6.52. The third-order valence-corrected chi connectivity index (χ3v) is 5.65. The summed E-state index contributed by atoms with van der Waals surface area (Å²) in [5.41, 5.74) is 1.17. The Labute approximate surface area is 128 Å². The summed E-state index contributed by atoms with van der Waals surface area (Å²) < 4.78 is 11.2. The van der Waals surface area contributed by atoms with Gasteiger partial charge in [0.2, 0.25) is 0 Å². The second-order valence-electron chi connectivity index (χ2n) is 5.60. The third-order valence-electron chi connectivity index (χ3n) is 4.15.